The SMILES string of the molecule is NCC(N)=NC(=O)c1ccc2cccc(-c3cccc4c3OCO4)c2c1. The fourth-order valence-corrected chi connectivity index (χ4v) is 3.02. The third-order valence-corrected chi connectivity index (χ3v) is 4.27. The molecule has 1 aliphatic rings. The summed E-state index contributed by atoms with van der Waals surface area (Å²) in [4.78, 5) is 16.1. The summed E-state index contributed by atoms with van der Waals surface area (Å²) in [6.45, 7) is 0.242. The van der Waals surface area contributed by atoms with Crippen molar-refractivity contribution in [3.63, 3.8) is 0 Å². The van der Waals surface area contributed by atoms with Crippen LogP contribution in [0.5, 0.6) is 11.5 Å². The molecular weight excluding hydrogens is 330 g/mol. The third-order valence-electron chi connectivity index (χ3n) is 4.27. The van der Waals surface area contributed by atoms with Gasteiger partial charge in [0.1, 0.15) is 5.84 Å². The number of aliphatic imine (C=N–C) groups is 1. The highest BCUT2D eigenvalue weighted by atomic mass is 16.7. The van der Waals surface area contributed by atoms with Crippen LogP contribution in [0.4, 0.5) is 0 Å². The summed E-state index contributed by atoms with van der Waals surface area (Å²) in [5, 5.41) is 1.93. The summed E-state index contributed by atoms with van der Waals surface area (Å²) in [5.41, 5.74) is 13.3. The van der Waals surface area contributed by atoms with Gasteiger partial charge in [-0.1, -0.05) is 36.4 Å². The van der Waals surface area contributed by atoms with Gasteiger partial charge < -0.3 is 20.9 Å². The van der Waals surface area contributed by atoms with Crippen LogP contribution < -0.4 is 20.9 Å². The minimum absolute atomic E-state index is 0.0397. The van der Waals surface area contributed by atoms with E-state index in [4.69, 9.17) is 20.9 Å². The normalized spacial score (nSPS) is 13.2. The number of hydrogen-bond donors (Lipinski definition) is 2. The Labute approximate surface area is 150 Å². The highest BCUT2D eigenvalue weighted by Gasteiger charge is 2.19. The Hall–Kier alpha value is -3.38. The minimum Gasteiger partial charge on any atom is -0.454 e. The number of rotatable bonds is 3. The van der Waals surface area contributed by atoms with Crippen molar-refractivity contribution in [2.45, 2.75) is 0 Å². The van der Waals surface area contributed by atoms with Crippen molar-refractivity contribution in [3.8, 4) is 22.6 Å². The van der Waals surface area contributed by atoms with Gasteiger partial charge in [0.25, 0.3) is 5.91 Å². The second-order valence-electron chi connectivity index (χ2n) is 5.89. The molecule has 6 nitrogen and oxygen atoms in total. The van der Waals surface area contributed by atoms with Crippen molar-refractivity contribution in [2.75, 3.05) is 13.3 Å². The molecule has 0 atom stereocenters. The van der Waals surface area contributed by atoms with Gasteiger partial charge >= 0.3 is 0 Å². The van der Waals surface area contributed by atoms with Crippen LogP contribution in [0.25, 0.3) is 21.9 Å². The van der Waals surface area contributed by atoms with E-state index >= 15 is 0 Å². The number of nitrogens with zero attached hydrogens (tertiary/aromatic N) is 1. The van der Waals surface area contributed by atoms with Crippen molar-refractivity contribution in [1.82, 2.24) is 0 Å². The predicted molar refractivity (Wildman–Crippen MR) is 101 cm³/mol. The van der Waals surface area contributed by atoms with Gasteiger partial charge in [0.2, 0.25) is 6.79 Å². The van der Waals surface area contributed by atoms with E-state index in [1.54, 1.807) is 6.07 Å². The molecule has 130 valence electrons. The second-order valence-corrected chi connectivity index (χ2v) is 5.89. The van der Waals surface area contributed by atoms with E-state index in [0.717, 1.165) is 21.9 Å². The minimum atomic E-state index is -0.414. The highest BCUT2D eigenvalue weighted by molar-refractivity contribution is 6.07. The number of para-hydroxylation sites is 1. The van der Waals surface area contributed by atoms with E-state index in [9.17, 15) is 4.79 Å². The Morgan fingerprint density at radius 1 is 1.04 bits per heavy atom. The first-order chi connectivity index (χ1) is 12.7. The highest BCUT2D eigenvalue weighted by Crippen LogP contribution is 2.43. The molecule has 0 radical (unpaired) electrons. The van der Waals surface area contributed by atoms with Crippen LogP contribution in [0.15, 0.2) is 59.6 Å². The first-order valence-corrected chi connectivity index (χ1v) is 8.16. The maximum absolute atomic E-state index is 12.3. The Morgan fingerprint density at radius 2 is 1.85 bits per heavy atom. The average molecular weight is 347 g/mol. The lowest BCUT2D eigenvalue weighted by molar-refractivity contribution is 0.100. The molecule has 3 aromatic carbocycles. The summed E-state index contributed by atoms with van der Waals surface area (Å²) >= 11 is 0. The van der Waals surface area contributed by atoms with Crippen molar-refractivity contribution in [1.29, 1.82) is 0 Å². The quantitative estimate of drug-likeness (QED) is 0.560. The third kappa shape index (κ3) is 2.76. The lowest BCUT2D eigenvalue weighted by atomic mass is 9.96. The Kier molecular flexibility index (Phi) is 4.02. The molecule has 0 saturated heterocycles. The fourth-order valence-electron chi connectivity index (χ4n) is 3.02. The predicted octanol–water partition coefficient (Wildman–Crippen LogP) is 2.69. The number of amidine groups is 1. The number of nitrogens with two attached hydrogens (primary N) is 2. The number of fused-ring (bicyclic) bond motifs is 2. The van der Waals surface area contributed by atoms with Crippen LogP contribution in [0, 0.1) is 0 Å². The number of carbonyl (C=O) groups is 1. The first-order valence-electron chi connectivity index (χ1n) is 8.16. The van der Waals surface area contributed by atoms with Gasteiger partial charge in [0, 0.05) is 11.1 Å². The molecule has 26 heavy (non-hydrogen) atoms. The van der Waals surface area contributed by atoms with Crippen LogP contribution in [-0.4, -0.2) is 25.1 Å². The van der Waals surface area contributed by atoms with E-state index in [-0.39, 0.29) is 19.2 Å². The lowest BCUT2D eigenvalue weighted by Crippen LogP contribution is -2.24. The molecule has 4 N–H and O–H groups in total. The zero-order valence-corrected chi connectivity index (χ0v) is 13.9. The average Bonchev–Trinajstić information content (AvgIpc) is 3.15. The van der Waals surface area contributed by atoms with Crippen LogP contribution in [0.2, 0.25) is 0 Å². The van der Waals surface area contributed by atoms with Crippen molar-refractivity contribution in [3.05, 3.63) is 60.2 Å². The van der Waals surface area contributed by atoms with Gasteiger partial charge in [0.05, 0.1) is 6.54 Å². The van der Waals surface area contributed by atoms with Crippen molar-refractivity contribution < 1.29 is 14.3 Å². The number of benzene rings is 3. The molecule has 6 heteroatoms. The molecular formula is C20H17N3O3. The lowest BCUT2D eigenvalue weighted by Gasteiger charge is -2.10. The Bertz CT molecular complexity index is 1040. The van der Waals surface area contributed by atoms with Crippen LogP contribution >= 0.6 is 0 Å². The molecule has 4 rings (SSSR count). The van der Waals surface area contributed by atoms with E-state index in [0.29, 0.717) is 17.1 Å². The van der Waals surface area contributed by atoms with Gasteiger partial charge in [-0.25, -0.2) is 0 Å². The molecule has 1 aliphatic heterocycles. The number of amides is 1. The van der Waals surface area contributed by atoms with Crippen LogP contribution in [0.3, 0.4) is 0 Å². The molecule has 0 bridgehead atoms. The summed E-state index contributed by atoms with van der Waals surface area (Å²) in [7, 11) is 0. The first kappa shape index (κ1) is 16.1. The molecule has 0 spiro atoms. The molecule has 0 unspecified atom stereocenters. The van der Waals surface area contributed by atoms with E-state index < -0.39 is 5.91 Å². The van der Waals surface area contributed by atoms with E-state index in [1.165, 1.54) is 0 Å². The number of carbonyl (C=O) groups excluding carboxylic acids is 1. The van der Waals surface area contributed by atoms with Crippen LogP contribution in [-0.2, 0) is 0 Å². The Balaban J connectivity index is 1.88. The van der Waals surface area contributed by atoms with E-state index in [1.807, 2.05) is 48.5 Å². The summed E-state index contributed by atoms with van der Waals surface area (Å²) in [6, 6.07) is 17.2. The molecule has 0 fully saturated rings. The molecule has 1 amide bonds. The maximum Gasteiger partial charge on any atom is 0.278 e. The monoisotopic (exact) mass is 347 g/mol. The van der Waals surface area contributed by atoms with Gasteiger partial charge in [-0.3, -0.25) is 4.79 Å². The zero-order chi connectivity index (χ0) is 18.1. The Morgan fingerprint density at radius 3 is 2.69 bits per heavy atom. The zero-order valence-electron chi connectivity index (χ0n) is 13.9. The topological polar surface area (TPSA) is 99.9 Å². The summed E-state index contributed by atoms with van der Waals surface area (Å²) < 4.78 is 11.1. The molecule has 1 heterocycles. The smallest absolute Gasteiger partial charge is 0.278 e. The fraction of sp³-hybridized carbons (Fsp3) is 0.100. The largest absolute Gasteiger partial charge is 0.454 e. The van der Waals surface area contributed by atoms with Gasteiger partial charge in [-0.05, 0) is 34.5 Å². The molecule has 0 aromatic heterocycles. The van der Waals surface area contributed by atoms with Crippen molar-refractivity contribution in [2.24, 2.45) is 16.5 Å². The van der Waals surface area contributed by atoms with Gasteiger partial charge in [-0.2, -0.15) is 4.99 Å². The summed E-state index contributed by atoms with van der Waals surface area (Å²) in [5.74, 6) is 1.12. The van der Waals surface area contributed by atoms with Gasteiger partial charge in [-0.15, -0.1) is 0 Å². The standard InChI is InChI=1S/C20H17N3O3/c21-10-18(22)23-20(24)13-8-7-12-3-1-4-14(16(12)9-13)15-5-2-6-17-19(15)26-11-25-17/h1-9H,10-11,21H2,(H2,22,23,24). The second kappa shape index (κ2) is 6.50. The number of ether oxygens (including phenoxy) is 2. The van der Waals surface area contributed by atoms with Gasteiger partial charge in [0.15, 0.2) is 11.5 Å². The molecule has 3 aromatic rings. The van der Waals surface area contributed by atoms with Crippen LogP contribution in [0.1, 0.15) is 10.4 Å². The molecule has 0 saturated carbocycles. The molecule has 0 aliphatic carbocycles. The maximum atomic E-state index is 12.3. The van der Waals surface area contributed by atoms with E-state index in [2.05, 4.69) is 4.99 Å². The number of hydrogen-bond acceptors (Lipinski definition) is 4. The van der Waals surface area contributed by atoms with Crippen molar-refractivity contribution >= 4 is 22.5 Å². The summed E-state index contributed by atoms with van der Waals surface area (Å²) in [6.07, 6.45) is 0.